The molecule has 0 saturated heterocycles. The summed E-state index contributed by atoms with van der Waals surface area (Å²) >= 11 is 0. The first-order valence-corrected chi connectivity index (χ1v) is 2.97. The molecule has 0 aliphatic carbocycles. The van der Waals surface area contributed by atoms with Crippen molar-refractivity contribution in [1.29, 1.82) is 0 Å². The summed E-state index contributed by atoms with van der Waals surface area (Å²) in [6.45, 7) is 4.18. The van der Waals surface area contributed by atoms with Crippen LogP contribution in [0.5, 0.6) is 0 Å². The Bertz CT molecular complexity index is 90.3. The van der Waals surface area contributed by atoms with Crippen LogP contribution in [-0.2, 0) is 9.53 Å². The Labute approximate surface area is 54.6 Å². The normalized spacial score (nSPS) is 13.1. The molecule has 0 saturated carbocycles. The van der Waals surface area contributed by atoms with Gasteiger partial charge in [0, 0.05) is 18.5 Å². The van der Waals surface area contributed by atoms with Gasteiger partial charge in [0.25, 0.3) is 0 Å². The monoisotopic (exact) mass is 131 g/mol. The highest BCUT2D eigenvalue weighted by atomic mass is 16.5. The van der Waals surface area contributed by atoms with Crippen LogP contribution in [0.3, 0.4) is 0 Å². The molecule has 0 aromatic heterocycles. The average Bonchev–Trinajstić information content (AvgIpc) is 1.82. The zero-order valence-electron chi connectivity index (χ0n) is 5.72. The molecular weight excluding hydrogens is 120 g/mol. The molecule has 1 atom stereocenters. The van der Waals surface area contributed by atoms with E-state index in [-0.39, 0.29) is 6.61 Å². The minimum atomic E-state index is -1.05. The molecule has 0 spiro atoms. The van der Waals surface area contributed by atoms with Gasteiger partial charge in [-0.05, 0) is 6.92 Å². The van der Waals surface area contributed by atoms with Crippen LogP contribution in [-0.4, -0.2) is 19.2 Å². The molecule has 1 unspecified atom stereocenters. The number of hydrogen-bond acceptors (Lipinski definition) is 3. The Kier molecular flexibility index (Phi) is 4.05. The number of carboxylic acid groups (broad SMARTS) is 1. The first-order chi connectivity index (χ1) is 4.18. The van der Waals surface area contributed by atoms with Gasteiger partial charge in [0.2, 0.25) is 0 Å². The molecular formula is C6H11O3-. The van der Waals surface area contributed by atoms with Crippen molar-refractivity contribution in [3.05, 3.63) is 0 Å². The molecule has 0 N–H and O–H groups in total. The molecule has 0 fully saturated rings. The van der Waals surface area contributed by atoms with Crippen LogP contribution in [0, 0.1) is 5.92 Å². The van der Waals surface area contributed by atoms with E-state index in [0.717, 1.165) is 0 Å². The predicted molar refractivity (Wildman–Crippen MR) is 30.7 cm³/mol. The van der Waals surface area contributed by atoms with E-state index >= 15 is 0 Å². The van der Waals surface area contributed by atoms with Crippen molar-refractivity contribution in [2.24, 2.45) is 5.92 Å². The summed E-state index contributed by atoms with van der Waals surface area (Å²) in [7, 11) is 0. The molecule has 0 aliphatic heterocycles. The fraction of sp³-hybridized carbons (Fsp3) is 0.833. The molecule has 0 aromatic rings. The molecule has 0 bridgehead atoms. The zero-order chi connectivity index (χ0) is 7.28. The smallest absolute Gasteiger partial charge is 0.0543 e. The predicted octanol–water partition coefficient (Wildman–Crippen LogP) is -0.591. The summed E-state index contributed by atoms with van der Waals surface area (Å²) in [5.74, 6) is -1.55. The van der Waals surface area contributed by atoms with Crippen molar-refractivity contribution in [3.63, 3.8) is 0 Å². The van der Waals surface area contributed by atoms with E-state index < -0.39 is 11.9 Å². The van der Waals surface area contributed by atoms with Crippen molar-refractivity contribution in [2.75, 3.05) is 13.2 Å². The van der Waals surface area contributed by atoms with Crippen LogP contribution >= 0.6 is 0 Å². The van der Waals surface area contributed by atoms with E-state index in [2.05, 4.69) is 0 Å². The molecule has 3 heteroatoms. The van der Waals surface area contributed by atoms with Crippen LogP contribution in [0.4, 0.5) is 0 Å². The summed E-state index contributed by atoms with van der Waals surface area (Å²) < 4.78 is 4.84. The number of aliphatic carboxylic acids is 1. The third-order valence-corrected chi connectivity index (χ3v) is 0.974. The Morgan fingerprint density at radius 1 is 1.78 bits per heavy atom. The number of ether oxygens (including phenoxy) is 1. The topological polar surface area (TPSA) is 49.4 Å². The maximum absolute atomic E-state index is 10.0. The zero-order valence-corrected chi connectivity index (χ0v) is 5.72. The van der Waals surface area contributed by atoms with Crippen LogP contribution < -0.4 is 5.11 Å². The maximum atomic E-state index is 10.0. The third kappa shape index (κ3) is 3.97. The highest BCUT2D eigenvalue weighted by Crippen LogP contribution is 1.91. The number of rotatable bonds is 4. The summed E-state index contributed by atoms with van der Waals surface area (Å²) in [6, 6.07) is 0. The van der Waals surface area contributed by atoms with Gasteiger partial charge in [-0.15, -0.1) is 0 Å². The second-order valence-corrected chi connectivity index (χ2v) is 1.88. The van der Waals surface area contributed by atoms with Gasteiger partial charge in [-0.2, -0.15) is 0 Å². The summed E-state index contributed by atoms with van der Waals surface area (Å²) in [4.78, 5) is 10.0. The highest BCUT2D eigenvalue weighted by Gasteiger charge is 1.99. The van der Waals surface area contributed by atoms with Gasteiger partial charge in [-0.3, -0.25) is 0 Å². The molecule has 54 valence electrons. The van der Waals surface area contributed by atoms with Gasteiger partial charge >= 0.3 is 0 Å². The van der Waals surface area contributed by atoms with Crippen molar-refractivity contribution >= 4 is 5.97 Å². The summed E-state index contributed by atoms with van der Waals surface area (Å²) in [5, 5.41) is 10.0. The number of carboxylic acids is 1. The molecule has 0 rings (SSSR count). The van der Waals surface area contributed by atoms with Crippen LogP contribution in [0.25, 0.3) is 0 Å². The van der Waals surface area contributed by atoms with E-state index in [0.29, 0.717) is 6.61 Å². The molecule has 3 nitrogen and oxygen atoms in total. The number of hydrogen-bond donors (Lipinski definition) is 0. The molecule has 9 heavy (non-hydrogen) atoms. The highest BCUT2D eigenvalue weighted by molar-refractivity contribution is 5.67. The van der Waals surface area contributed by atoms with Crippen molar-refractivity contribution < 1.29 is 14.6 Å². The average molecular weight is 131 g/mol. The lowest BCUT2D eigenvalue weighted by Crippen LogP contribution is -2.32. The lowest BCUT2D eigenvalue weighted by atomic mass is 10.2. The second-order valence-electron chi connectivity index (χ2n) is 1.88. The van der Waals surface area contributed by atoms with Crippen molar-refractivity contribution in [3.8, 4) is 0 Å². The van der Waals surface area contributed by atoms with Gasteiger partial charge in [0.15, 0.2) is 0 Å². The Morgan fingerprint density at radius 2 is 2.33 bits per heavy atom. The molecule has 0 aliphatic rings. The quantitative estimate of drug-likeness (QED) is 0.512. The molecule has 0 heterocycles. The fourth-order valence-corrected chi connectivity index (χ4v) is 0.363. The van der Waals surface area contributed by atoms with E-state index in [1.165, 1.54) is 0 Å². The Morgan fingerprint density at radius 3 is 2.67 bits per heavy atom. The fourth-order valence-electron chi connectivity index (χ4n) is 0.363. The first-order valence-electron chi connectivity index (χ1n) is 2.97. The minimum absolute atomic E-state index is 0.249. The lowest BCUT2D eigenvalue weighted by molar-refractivity contribution is -0.312. The van der Waals surface area contributed by atoms with E-state index in [9.17, 15) is 9.90 Å². The van der Waals surface area contributed by atoms with Crippen LogP contribution in [0.15, 0.2) is 0 Å². The van der Waals surface area contributed by atoms with Gasteiger partial charge in [-0.1, -0.05) is 6.92 Å². The van der Waals surface area contributed by atoms with Gasteiger partial charge < -0.3 is 14.6 Å². The lowest BCUT2D eigenvalue weighted by Gasteiger charge is -2.10. The number of carbonyl (C=O) groups excluding carboxylic acids is 1. The minimum Gasteiger partial charge on any atom is -0.550 e. The summed E-state index contributed by atoms with van der Waals surface area (Å²) in [5.41, 5.74) is 0. The molecule has 0 radical (unpaired) electrons. The van der Waals surface area contributed by atoms with Crippen LogP contribution in [0.2, 0.25) is 0 Å². The van der Waals surface area contributed by atoms with E-state index in [1.807, 2.05) is 6.92 Å². The van der Waals surface area contributed by atoms with Gasteiger partial charge in [0.05, 0.1) is 6.61 Å². The Balaban J connectivity index is 3.27. The van der Waals surface area contributed by atoms with Gasteiger partial charge in [-0.25, -0.2) is 0 Å². The largest absolute Gasteiger partial charge is 0.550 e. The SMILES string of the molecule is CCOCC(C)C(=O)[O-]. The Hall–Kier alpha value is -0.570. The second kappa shape index (κ2) is 4.32. The standard InChI is InChI=1S/C6H12O3/c1-3-9-4-5(2)6(7)8/h5H,3-4H2,1-2H3,(H,7,8)/p-1. The van der Waals surface area contributed by atoms with Crippen molar-refractivity contribution in [2.45, 2.75) is 13.8 Å². The van der Waals surface area contributed by atoms with E-state index in [1.54, 1.807) is 6.92 Å². The van der Waals surface area contributed by atoms with Gasteiger partial charge in [0.1, 0.15) is 0 Å². The van der Waals surface area contributed by atoms with Crippen LogP contribution in [0.1, 0.15) is 13.8 Å². The first kappa shape index (κ1) is 8.43. The maximum Gasteiger partial charge on any atom is 0.0543 e. The number of carbonyl (C=O) groups is 1. The van der Waals surface area contributed by atoms with Crippen molar-refractivity contribution in [1.82, 2.24) is 0 Å². The third-order valence-electron chi connectivity index (χ3n) is 0.974. The molecule has 0 amide bonds. The summed E-state index contributed by atoms with van der Waals surface area (Å²) in [6.07, 6.45) is 0. The molecule has 0 aromatic carbocycles. The van der Waals surface area contributed by atoms with E-state index in [4.69, 9.17) is 4.74 Å².